The molecule has 8 bridgehead atoms. The molecular formula is C96H92N4O8. The Morgan fingerprint density at radius 2 is 0.407 bits per heavy atom. The Hall–Kier alpha value is -11.1. The highest BCUT2D eigenvalue weighted by Crippen LogP contribution is 2.58. The summed E-state index contributed by atoms with van der Waals surface area (Å²) < 4.78 is 29.4. The molecule has 0 saturated carbocycles. The maximum absolute atomic E-state index is 14.1. The number of aromatic hydroxyl groups is 4. The third-order valence-corrected chi connectivity index (χ3v) is 23.0. The molecule has 0 fully saturated rings. The summed E-state index contributed by atoms with van der Waals surface area (Å²) in [6.45, 7) is 4.77. The van der Waals surface area contributed by atoms with Crippen molar-refractivity contribution in [2.45, 2.75) is 127 Å². The van der Waals surface area contributed by atoms with Gasteiger partial charge in [-0.3, -0.25) is 19.6 Å². The van der Waals surface area contributed by atoms with Crippen LogP contribution >= 0.6 is 0 Å². The van der Waals surface area contributed by atoms with Gasteiger partial charge in [0.1, 0.15) is 72.9 Å². The van der Waals surface area contributed by atoms with E-state index in [4.69, 9.17) is 18.9 Å². The molecule has 12 nitrogen and oxygen atoms in total. The Balaban J connectivity index is 0.979. The van der Waals surface area contributed by atoms with Gasteiger partial charge in [-0.15, -0.1) is 0 Å². The second-order valence-electron chi connectivity index (χ2n) is 30.1. The summed E-state index contributed by atoms with van der Waals surface area (Å²) in [5.41, 5.74) is 18.0. The zero-order valence-corrected chi connectivity index (χ0v) is 61.1. The summed E-state index contributed by atoms with van der Waals surface area (Å²) >= 11 is 0. The largest absolute Gasteiger partial charge is 0.507 e. The number of aryl methyl sites for hydroxylation is 4. The van der Waals surface area contributed by atoms with Gasteiger partial charge in [-0.25, -0.2) is 0 Å². The third-order valence-electron chi connectivity index (χ3n) is 23.0. The smallest absolute Gasteiger partial charge is 0.142 e. The standard InChI is InChI=1S/C96H92N4O8/c101-89-77-49-82(94-85(89)57-97(62-106-94)53-69-33-17-5-18-34-69)75(47-43-67-29-13-3-14-30-67)79-51-84(96-87(91(79)103)59-99(64-108-96)55-71-37-21-7-22-38-71)76(48-44-68-31-15-4-16-32-68)80-52-83(95-88(92(80)104)60-100(63-107-95)56-72-39-23-8-24-40-72)74(46-42-66-27-11-2-12-28-66)78-50-81(73(77)45-41-65-25-9-1-10-26-65)93-86(90(78)102)58-98(61-105-93)54-70-35-19-6-20-36-70/h1-40,49-52,73-76,101-104H,41-48,53-64H2/t73-,74-,75-,76-/m0/s1. The molecule has 108 heavy (non-hydrogen) atoms. The first-order valence-corrected chi connectivity index (χ1v) is 38.4. The molecule has 12 aromatic carbocycles. The van der Waals surface area contributed by atoms with E-state index in [-0.39, 0.29) is 49.9 Å². The Bertz CT molecular complexity index is 4450. The number of benzene rings is 12. The average molecular weight is 1430 g/mol. The van der Waals surface area contributed by atoms with Crippen LogP contribution in [0.2, 0.25) is 0 Å². The van der Waals surface area contributed by atoms with Crippen LogP contribution in [0.1, 0.15) is 161 Å². The van der Waals surface area contributed by atoms with Gasteiger partial charge >= 0.3 is 0 Å². The number of hydrogen-bond donors (Lipinski definition) is 4. The number of nitrogens with zero attached hydrogens (tertiary/aromatic N) is 4. The van der Waals surface area contributed by atoms with Gasteiger partial charge in [-0.05, 0) is 120 Å². The number of hydrogen-bond acceptors (Lipinski definition) is 12. The van der Waals surface area contributed by atoms with E-state index < -0.39 is 23.7 Å². The van der Waals surface area contributed by atoms with E-state index in [1.54, 1.807) is 0 Å². The topological polar surface area (TPSA) is 131 Å². The Labute approximate surface area is 633 Å². The lowest BCUT2D eigenvalue weighted by Gasteiger charge is -2.38. The fraction of sp³-hybridized carbons (Fsp3) is 0.250. The minimum Gasteiger partial charge on any atom is -0.507 e. The van der Waals surface area contributed by atoms with Gasteiger partial charge in [0.2, 0.25) is 0 Å². The van der Waals surface area contributed by atoms with Crippen LogP contribution in [0.25, 0.3) is 0 Å². The molecule has 4 atom stereocenters. The number of fused-ring (bicyclic) bond motifs is 16. The minimum absolute atomic E-state index is 0.144. The number of phenols is 4. The van der Waals surface area contributed by atoms with Gasteiger partial charge in [-0.1, -0.05) is 243 Å². The molecule has 544 valence electrons. The van der Waals surface area contributed by atoms with E-state index in [9.17, 15) is 20.4 Å². The molecule has 0 amide bonds. The monoisotopic (exact) mass is 1430 g/mol. The molecule has 5 aliphatic rings. The van der Waals surface area contributed by atoms with Gasteiger partial charge in [-0.2, -0.15) is 0 Å². The second kappa shape index (κ2) is 31.7. The summed E-state index contributed by atoms with van der Waals surface area (Å²) in [6, 6.07) is 93.0. The first-order valence-electron chi connectivity index (χ1n) is 38.4. The molecule has 0 saturated heterocycles. The van der Waals surface area contributed by atoms with Crippen molar-refractivity contribution in [3.63, 3.8) is 0 Å². The number of rotatable bonds is 20. The van der Waals surface area contributed by atoms with Crippen molar-refractivity contribution < 1.29 is 39.4 Å². The van der Waals surface area contributed by atoms with Gasteiger partial charge in [0.15, 0.2) is 0 Å². The van der Waals surface area contributed by atoms with Crippen molar-refractivity contribution in [1.82, 2.24) is 19.6 Å². The van der Waals surface area contributed by atoms with Gasteiger partial charge in [0, 0.05) is 121 Å². The van der Waals surface area contributed by atoms with Crippen LogP contribution in [0.4, 0.5) is 0 Å². The van der Waals surface area contributed by atoms with Crippen LogP contribution in [-0.4, -0.2) is 66.9 Å². The maximum Gasteiger partial charge on any atom is 0.142 e. The predicted octanol–water partition coefficient (Wildman–Crippen LogP) is 19.3. The summed E-state index contributed by atoms with van der Waals surface area (Å²) in [5, 5.41) is 56.5. The summed E-state index contributed by atoms with van der Waals surface area (Å²) in [5.74, 6) is 0.719. The highest BCUT2D eigenvalue weighted by Gasteiger charge is 2.42. The highest BCUT2D eigenvalue weighted by atomic mass is 16.5. The number of ether oxygens (including phenoxy) is 4. The van der Waals surface area contributed by atoms with Crippen LogP contribution in [-0.2, 0) is 78.0 Å². The first kappa shape index (κ1) is 69.9. The fourth-order valence-electron chi connectivity index (χ4n) is 17.6. The molecule has 1 aliphatic carbocycles. The van der Waals surface area contributed by atoms with Crippen molar-refractivity contribution in [2.75, 3.05) is 26.9 Å². The lowest BCUT2D eigenvalue weighted by Crippen LogP contribution is -2.34. The minimum atomic E-state index is -0.563. The van der Waals surface area contributed by atoms with E-state index >= 15 is 0 Å². The molecule has 12 aromatic rings. The van der Waals surface area contributed by atoms with Crippen molar-refractivity contribution in [1.29, 1.82) is 0 Å². The van der Waals surface area contributed by atoms with Crippen LogP contribution in [0.5, 0.6) is 46.0 Å². The molecule has 0 aromatic heterocycles. The van der Waals surface area contributed by atoms with Crippen molar-refractivity contribution in [3.8, 4) is 46.0 Å². The molecule has 4 N–H and O–H groups in total. The van der Waals surface area contributed by atoms with Crippen molar-refractivity contribution >= 4 is 0 Å². The second-order valence-corrected chi connectivity index (χ2v) is 30.1. The van der Waals surface area contributed by atoms with Gasteiger partial charge in [0.05, 0.1) is 22.3 Å². The highest BCUT2D eigenvalue weighted by molar-refractivity contribution is 5.69. The molecule has 0 unspecified atom stereocenters. The van der Waals surface area contributed by atoms with E-state index in [1.807, 2.05) is 24.3 Å². The van der Waals surface area contributed by atoms with Crippen LogP contribution < -0.4 is 18.9 Å². The lowest BCUT2D eigenvalue weighted by molar-refractivity contribution is 0.0842. The Morgan fingerprint density at radius 3 is 0.593 bits per heavy atom. The van der Waals surface area contributed by atoms with Gasteiger partial charge in [0.25, 0.3) is 0 Å². The molecule has 17 rings (SSSR count). The van der Waals surface area contributed by atoms with E-state index in [0.29, 0.717) is 171 Å². The quantitative estimate of drug-likeness (QED) is 0.0579. The number of phenolic OH excluding ortho intramolecular Hbond substituents is 4. The maximum atomic E-state index is 14.1. The van der Waals surface area contributed by atoms with E-state index in [1.165, 1.54) is 0 Å². The Morgan fingerprint density at radius 1 is 0.231 bits per heavy atom. The molecule has 12 heteroatoms. The van der Waals surface area contributed by atoms with Crippen LogP contribution in [0.3, 0.4) is 0 Å². The SMILES string of the molecule is Oc1c2cc(c3c1CN(Cc1ccccc1)CO3)[C@@H](CCc1ccccc1)c1cc(c3c(c1O)CN(Cc1ccccc1)CO3)[C@@H](CCc1ccccc1)c1cc(c3c(c1O)CN(Cc1ccccc1)CO3)[C@@H](CCc1ccccc1)c1cc(c3c(c1O)CN(Cc1ccccc1)CO3)[C@H]2CCc1ccccc1. The first-order chi connectivity index (χ1) is 53.2. The van der Waals surface area contributed by atoms with Crippen LogP contribution in [0.15, 0.2) is 267 Å². The summed E-state index contributed by atoms with van der Waals surface area (Å²) in [7, 11) is 0. The lowest BCUT2D eigenvalue weighted by atomic mass is 9.74. The van der Waals surface area contributed by atoms with E-state index in [2.05, 4.69) is 262 Å². The molecule has 0 radical (unpaired) electrons. The zero-order chi connectivity index (χ0) is 72.9. The summed E-state index contributed by atoms with van der Waals surface area (Å²) in [4.78, 5) is 9.02. The normalized spacial score (nSPS) is 17.7. The van der Waals surface area contributed by atoms with E-state index in [0.717, 1.165) is 66.8 Å². The predicted molar refractivity (Wildman–Crippen MR) is 424 cm³/mol. The average Bonchev–Trinajstić information content (AvgIpc) is 0.724. The zero-order valence-electron chi connectivity index (χ0n) is 61.1. The van der Waals surface area contributed by atoms with Crippen molar-refractivity contribution in [3.05, 3.63) is 378 Å². The summed E-state index contributed by atoms with van der Waals surface area (Å²) in [6.07, 6.45) is 4.67. The fourth-order valence-corrected chi connectivity index (χ4v) is 17.6. The third kappa shape index (κ3) is 14.9. The molecular weight excluding hydrogens is 1340 g/mol. The Kier molecular flexibility index (Phi) is 20.5. The van der Waals surface area contributed by atoms with Crippen molar-refractivity contribution in [2.24, 2.45) is 0 Å². The molecule has 4 heterocycles. The molecule has 0 spiro atoms. The van der Waals surface area contributed by atoms with Crippen LogP contribution in [0, 0.1) is 0 Å². The van der Waals surface area contributed by atoms with Gasteiger partial charge < -0.3 is 39.4 Å². The molecule has 4 aliphatic heterocycles.